The molecule has 2 rings (SSSR count). The first kappa shape index (κ1) is 17.7. The minimum atomic E-state index is -0.573. The molecule has 0 saturated heterocycles. The number of hydrogen-bond donors (Lipinski definition) is 0. The van der Waals surface area contributed by atoms with Crippen LogP contribution in [0.25, 0.3) is 0 Å². The van der Waals surface area contributed by atoms with E-state index in [4.69, 9.17) is 26.3 Å². The van der Waals surface area contributed by atoms with Crippen LogP contribution in [-0.2, 0) is 0 Å². The van der Waals surface area contributed by atoms with Crippen molar-refractivity contribution >= 4 is 23.0 Å². The largest absolute Gasteiger partial charge is 0.424 e. The van der Waals surface area contributed by atoms with E-state index in [1.165, 1.54) is 48.5 Å². The zero-order chi connectivity index (χ0) is 18.4. The summed E-state index contributed by atoms with van der Waals surface area (Å²) in [5.41, 5.74) is -0.277. The lowest BCUT2D eigenvalue weighted by molar-refractivity contribution is -0.385. The van der Waals surface area contributed by atoms with Crippen molar-refractivity contribution in [3.05, 3.63) is 79.7 Å². The fraction of sp³-hybridized carbons (Fsp3) is 0. The van der Waals surface area contributed by atoms with E-state index in [-0.39, 0.29) is 28.8 Å². The normalized spacial score (nSPS) is 9.60. The Hall–Kier alpha value is -3.64. The summed E-state index contributed by atoms with van der Waals surface area (Å²) in [6.45, 7) is 0. The van der Waals surface area contributed by atoms with Gasteiger partial charge in [-0.3, -0.25) is 20.2 Å². The number of non-ortho nitro benzene ring substituents is 2. The van der Waals surface area contributed by atoms with Crippen molar-refractivity contribution in [1.29, 1.82) is 5.26 Å². The Bertz CT molecular complexity index is 810. The summed E-state index contributed by atoms with van der Waals surface area (Å²) in [6, 6.07) is 11.7. The molecule has 0 atom stereocenters. The number of nitrogens with zero attached hydrogens (tertiary/aromatic N) is 3. The Morgan fingerprint density at radius 2 is 1.24 bits per heavy atom. The molecular weight excluding hydrogens is 354 g/mol. The molecule has 0 saturated carbocycles. The summed E-state index contributed by atoms with van der Waals surface area (Å²) < 4.78 is 10.7. The third-order valence-corrected chi connectivity index (χ3v) is 3.03. The van der Waals surface area contributed by atoms with Crippen LogP contribution in [0.2, 0.25) is 0 Å². The maximum Gasteiger partial charge on any atom is 0.321 e. The van der Waals surface area contributed by atoms with Crippen molar-refractivity contribution < 1.29 is 19.3 Å². The van der Waals surface area contributed by atoms with Crippen molar-refractivity contribution in [2.24, 2.45) is 0 Å². The van der Waals surface area contributed by atoms with Crippen molar-refractivity contribution in [1.82, 2.24) is 0 Å². The maximum absolute atomic E-state index is 10.6. The first-order valence-corrected chi connectivity index (χ1v) is 6.93. The second kappa shape index (κ2) is 7.76. The van der Waals surface area contributed by atoms with Crippen molar-refractivity contribution in [2.75, 3.05) is 0 Å². The van der Waals surface area contributed by atoms with Crippen molar-refractivity contribution in [3.63, 3.8) is 0 Å². The van der Waals surface area contributed by atoms with Crippen LogP contribution in [0, 0.1) is 31.6 Å². The van der Waals surface area contributed by atoms with Gasteiger partial charge >= 0.3 is 5.95 Å². The zero-order valence-electron chi connectivity index (χ0n) is 12.3. The van der Waals surface area contributed by atoms with Gasteiger partial charge < -0.3 is 9.47 Å². The first-order chi connectivity index (χ1) is 11.9. The van der Waals surface area contributed by atoms with Gasteiger partial charge in [0.2, 0.25) is 0 Å². The number of benzene rings is 2. The van der Waals surface area contributed by atoms with Gasteiger partial charge in [-0.1, -0.05) is 11.6 Å². The standard InChI is InChI=1S/C15H8ClN3O6/c16-14(9-17)15(24-12-5-1-10(2-6-12)18(20)21)25-13-7-3-11(4-8-13)19(22)23/h1-8H. The van der Waals surface area contributed by atoms with Crippen LogP contribution >= 0.6 is 11.6 Å². The highest BCUT2D eigenvalue weighted by atomic mass is 35.5. The lowest BCUT2D eigenvalue weighted by atomic mass is 10.3. The molecule has 0 aliphatic carbocycles. The summed E-state index contributed by atoms with van der Waals surface area (Å²) in [5, 5.41) is 29.8. The van der Waals surface area contributed by atoms with E-state index in [1.54, 1.807) is 6.07 Å². The van der Waals surface area contributed by atoms with E-state index in [9.17, 15) is 20.2 Å². The number of hydrogen-bond acceptors (Lipinski definition) is 7. The van der Waals surface area contributed by atoms with Crippen LogP contribution in [0.3, 0.4) is 0 Å². The van der Waals surface area contributed by atoms with Crippen LogP contribution in [0.5, 0.6) is 11.5 Å². The van der Waals surface area contributed by atoms with E-state index >= 15 is 0 Å². The molecule has 0 amide bonds. The Morgan fingerprint density at radius 1 is 0.880 bits per heavy atom. The summed E-state index contributed by atoms with van der Waals surface area (Å²) >= 11 is 5.75. The molecule has 2 aromatic carbocycles. The predicted octanol–water partition coefficient (Wildman–Crippen LogP) is 3.89. The molecule has 0 bridgehead atoms. The molecule has 0 radical (unpaired) electrons. The predicted molar refractivity (Wildman–Crippen MR) is 85.9 cm³/mol. The van der Waals surface area contributed by atoms with Crippen LogP contribution in [0.1, 0.15) is 0 Å². The molecule has 126 valence electrons. The molecule has 0 aromatic heterocycles. The number of rotatable bonds is 6. The average Bonchev–Trinajstić information content (AvgIpc) is 2.61. The lowest BCUT2D eigenvalue weighted by Crippen LogP contribution is -2.06. The monoisotopic (exact) mass is 361 g/mol. The lowest BCUT2D eigenvalue weighted by Gasteiger charge is -2.11. The Balaban J connectivity index is 2.21. The minimum Gasteiger partial charge on any atom is -0.424 e. The quantitative estimate of drug-likeness (QED) is 0.330. The van der Waals surface area contributed by atoms with Crippen LogP contribution in [0.15, 0.2) is 59.5 Å². The molecule has 0 spiro atoms. The number of nitro groups is 2. The Labute approximate surface area is 145 Å². The number of halogens is 1. The molecule has 0 aliphatic rings. The van der Waals surface area contributed by atoms with Gasteiger partial charge in [-0.05, 0) is 24.3 Å². The molecule has 2 aromatic rings. The van der Waals surface area contributed by atoms with Crippen molar-refractivity contribution in [2.45, 2.75) is 0 Å². The van der Waals surface area contributed by atoms with Gasteiger partial charge in [0.1, 0.15) is 17.6 Å². The molecule has 9 nitrogen and oxygen atoms in total. The third kappa shape index (κ3) is 4.66. The van der Waals surface area contributed by atoms with E-state index in [1.807, 2.05) is 0 Å². The number of nitriles is 1. The average molecular weight is 362 g/mol. The first-order valence-electron chi connectivity index (χ1n) is 6.55. The molecule has 0 N–H and O–H groups in total. The Morgan fingerprint density at radius 3 is 1.52 bits per heavy atom. The molecular formula is C15H8ClN3O6. The van der Waals surface area contributed by atoms with E-state index in [0.29, 0.717) is 0 Å². The summed E-state index contributed by atoms with van der Waals surface area (Å²) in [7, 11) is 0. The van der Waals surface area contributed by atoms with Gasteiger partial charge in [0.15, 0.2) is 5.03 Å². The maximum atomic E-state index is 10.6. The summed E-state index contributed by atoms with van der Waals surface area (Å²) in [5.74, 6) is -0.0707. The fourth-order valence-corrected chi connectivity index (χ4v) is 1.72. The summed E-state index contributed by atoms with van der Waals surface area (Å²) in [6.07, 6.45) is 0. The second-order valence-corrected chi connectivity index (χ2v) is 4.80. The molecule has 0 heterocycles. The van der Waals surface area contributed by atoms with Gasteiger partial charge in [0.25, 0.3) is 11.4 Å². The molecule has 0 fully saturated rings. The SMILES string of the molecule is N#CC(Cl)=C(Oc1ccc([N+](=O)[O-])cc1)Oc1ccc([N+](=O)[O-])cc1. The van der Waals surface area contributed by atoms with Crippen molar-refractivity contribution in [3.8, 4) is 17.6 Å². The number of ether oxygens (including phenoxy) is 2. The Kier molecular flexibility index (Phi) is 5.50. The van der Waals surface area contributed by atoms with Crippen LogP contribution in [-0.4, -0.2) is 9.85 Å². The second-order valence-electron chi connectivity index (χ2n) is 4.42. The third-order valence-electron chi connectivity index (χ3n) is 2.79. The van der Waals surface area contributed by atoms with E-state index in [0.717, 1.165) is 0 Å². The number of allylic oxidation sites excluding steroid dienone is 1. The van der Waals surface area contributed by atoms with E-state index in [2.05, 4.69) is 0 Å². The molecule has 10 heteroatoms. The molecule has 25 heavy (non-hydrogen) atoms. The fourth-order valence-electron chi connectivity index (χ4n) is 1.64. The van der Waals surface area contributed by atoms with Crippen LogP contribution < -0.4 is 9.47 Å². The van der Waals surface area contributed by atoms with Gasteiger partial charge in [0.05, 0.1) is 9.85 Å². The minimum absolute atomic E-state index is 0.138. The highest BCUT2D eigenvalue weighted by Crippen LogP contribution is 2.25. The van der Waals surface area contributed by atoms with Gasteiger partial charge in [-0.25, -0.2) is 0 Å². The van der Waals surface area contributed by atoms with Gasteiger partial charge in [0, 0.05) is 24.3 Å². The highest BCUT2D eigenvalue weighted by molar-refractivity contribution is 6.32. The topological polar surface area (TPSA) is 129 Å². The smallest absolute Gasteiger partial charge is 0.321 e. The number of nitro benzene ring substituents is 2. The highest BCUT2D eigenvalue weighted by Gasteiger charge is 2.13. The summed E-state index contributed by atoms with van der Waals surface area (Å²) in [4.78, 5) is 20.1. The zero-order valence-corrected chi connectivity index (χ0v) is 13.0. The van der Waals surface area contributed by atoms with Crippen LogP contribution in [0.4, 0.5) is 11.4 Å². The van der Waals surface area contributed by atoms with E-state index < -0.39 is 14.9 Å². The van der Waals surface area contributed by atoms with Gasteiger partial charge in [-0.15, -0.1) is 0 Å². The molecule has 0 aliphatic heterocycles. The molecule has 0 unspecified atom stereocenters. The van der Waals surface area contributed by atoms with Gasteiger partial charge in [-0.2, -0.15) is 5.26 Å².